The molecule has 20 heavy (non-hydrogen) atoms. The van der Waals surface area contributed by atoms with E-state index in [1.54, 1.807) is 30.3 Å². The molecule has 0 heterocycles. The average Bonchev–Trinajstić information content (AvgIpc) is 2.46. The molecular formula is C16H17F2NO. The highest BCUT2D eigenvalue weighted by atomic mass is 19.1. The zero-order valence-corrected chi connectivity index (χ0v) is 11.5. The van der Waals surface area contributed by atoms with Crippen LogP contribution in [0.1, 0.15) is 24.1 Å². The monoisotopic (exact) mass is 277 g/mol. The SMILES string of the molecule is CCNC(c1ccccc1F)c1c(F)cccc1OC. The zero-order valence-electron chi connectivity index (χ0n) is 11.5. The molecule has 0 radical (unpaired) electrons. The van der Waals surface area contributed by atoms with E-state index in [9.17, 15) is 8.78 Å². The molecule has 0 saturated heterocycles. The van der Waals surface area contributed by atoms with Gasteiger partial charge in [0.2, 0.25) is 0 Å². The molecule has 0 amide bonds. The molecule has 0 spiro atoms. The van der Waals surface area contributed by atoms with Crippen LogP contribution < -0.4 is 10.1 Å². The zero-order chi connectivity index (χ0) is 14.5. The highest BCUT2D eigenvalue weighted by Crippen LogP contribution is 2.33. The van der Waals surface area contributed by atoms with Crippen molar-refractivity contribution in [3.8, 4) is 5.75 Å². The van der Waals surface area contributed by atoms with Gasteiger partial charge in [-0.15, -0.1) is 0 Å². The van der Waals surface area contributed by atoms with Crippen LogP contribution in [-0.4, -0.2) is 13.7 Å². The first-order valence-corrected chi connectivity index (χ1v) is 6.49. The van der Waals surface area contributed by atoms with E-state index in [1.165, 1.54) is 19.2 Å². The van der Waals surface area contributed by atoms with Crippen molar-refractivity contribution < 1.29 is 13.5 Å². The molecule has 0 aliphatic rings. The Morgan fingerprint density at radius 2 is 1.75 bits per heavy atom. The first kappa shape index (κ1) is 14.5. The maximum Gasteiger partial charge on any atom is 0.132 e. The minimum atomic E-state index is -0.586. The summed E-state index contributed by atoms with van der Waals surface area (Å²) in [6.45, 7) is 2.47. The van der Waals surface area contributed by atoms with Crippen molar-refractivity contribution >= 4 is 0 Å². The van der Waals surface area contributed by atoms with Crippen molar-refractivity contribution in [1.29, 1.82) is 0 Å². The molecule has 0 saturated carbocycles. The molecule has 1 N–H and O–H groups in total. The maximum absolute atomic E-state index is 14.2. The number of benzene rings is 2. The number of rotatable bonds is 5. The van der Waals surface area contributed by atoms with Gasteiger partial charge in [0.1, 0.15) is 17.4 Å². The fraction of sp³-hybridized carbons (Fsp3) is 0.250. The van der Waals surface area contributed by atoms with Gasteiger partial charge in [-0.1, -0.05) is 31.2 Å². The number of ether oxygens (including phenoxy) is 1. The summed E-state index contributed by atoms with van der Waals surface area (Å²) < 4.78 is 33.4. The van der Waals surface area contributed by atoms with Gasteiger partial charge in [0, 0.05) is 5.56 Å². The second-order valence-electron chi connectivity index (χ2n) is 4.37. The van der Waals surface area contributed by atoms with Gasteiger partial charge in [-0.25, -0.2) is 8.78 Å². The summed E-state index contributed by atoms with van der Waals surface area (Å²) in [6.07, 6.45) is 0. The quantitative estimate of drug-likeness (QED) is 0.900. The van der Waals surface area contributed by atoms with E-state index < -0.39 is 11.9 Å². The van der Waals surface area contributed by atoms with Crippen LogP contribution in [0.2, 0.25) is 0 Å². The van der Waals surface area contributed by atoms with Gasteiger partial charge in [0.05, 0.1) is 18.7 Å². The van der Waals surface area contributed by atoms with E-state index in [4.69, 9.17) is 4.74 Å². The summed E-state index contributed by atoms with van der Waals surface area (Å²) in [4.78, 5) is 0. The van der Waals surface area contributed by atoms with Gasteiger partial charge in [-0.3, -0.25) is 0 Å². The fourth-order valence-electron chi connectivity index (χ4n) is 2.26. The summed E-state index contributed by atoms with van der Waals surface area (Å²) in [5, 5.41) is 3.11. The third-order valence-corrected chi connectivity index (χ3v) is 3.15. The number of hydrogen-bond acceptors (Lipinski definition) is 2. The molecular weight excluding hydrogens is 260 g/mol. The molecule has 0 fully saturated rings. The first-order chi connectivity index (χ1) is 9.69. The van der Waals surface area contributed by atoms with Crippen LogP contribution in [0.5, 0.6) is 5.75 Å². The Hall–Kier alpha value is -1.94. The Labute approximate surface area is 117 Å². The van der Waals surface area contributed by atoms with E-state index in [2.05, 4.69) is 5.32 Å². The van der Waals surface area contributed by atoms with Gasteiger partial charge in [-0.05, 0) is 24.7 Å². The molecule has 1 atom stereocenters. The van der Waals surface area contributed by atoms with Crippen molar-refractivity contribution in [3.63, 3.8) is 0 Å². The molecule has 4 heteroatoms. The van der Waals surface area contributed by atoms with Crippen LogP contribution in [0.4, 0.5) is 8.78 Å². The maximum atomic E-state index is 14.2. The topological polar surface area (TPSA) is 21.3 Å². The minimum absolute atomic E-state index is 0.321. The lowest BCUT2D eigenvalue weighted by molar-refractivity contribution is 0.396. The summed E-state index contributed by atoms with van der Waals surface area (Å²) in [5.74, 6) is -0.387. The Balaban J connectivity index is 2.57. The Morgan fingerprint density at radius 1 is 1.05 bits per heavy atom. The standard InChI is InChI=1S/C16H17F2NO/c1-3-19-16(11-7-4-5-8-12(11)17)15-13(18)9-6-10-14(15)20-2/h4-10,16,19H,3H2,1-2H3. The molecule has 1 unspecified atom stereocenters. The number of methoxy groups -OCH3 is 1. The molecule has 2 rings (SSSR count). The molecule has 0 aromatic heterocycles. The summed E-state index contributed by atoms with van der Waals surface area (Å²) >= 11 is 0. The molecule has 106 valence electrons. The molecule has 0 bridgehead atoms. The second-order valence-corrected chi connectivity index (χ2v) is 4.37. The van der Waals surface area contributed by atoms with Crippen molar-refractivity contribution in [2.24, 2.45) is 0 Å². The average molecular weight is 277 g/mol. The predicted molar refractivity (Wildman–Crippen MR) is 74.9 cm³/mol. The highest BCUT2D eigenvalue weighted by Gasteiger charge is 2.23. The lowest BCUT2D eigenvalue weighted by Gasteiger charge is -2.22. The predicted octanol–water partition coefficient (Wildman–Crippen LogP) is 3.67. The van der Waals surface area contributed by atoms with Gasteiger partial charge in [0.15, 0.2) is 0 Å². The van der Waals surface area contributed by atoms with E-state index in [0.717, 1.165) is 0 Å². The Bertz CT molecular complexity index is 586. The minimum Gasteiger partial charge on any atom is -0.496 e. The molecule has 0 aliphatic carbocycles. The third-order valence-electron chi connectivity index (χ3n) is 3.15. The number of nitrogens with one attached hydrogen (secondary N) is 1. The molecule has 2 aromatic carbocycles. The van der Waals surface area contributed by atoms with Gasteiger partial charge in [-0.2, -0.15) is 0 Å². The normalized spacial score (nSPS) is 12.2. The van der Waals surface area contributed by atoms with E-state index in [1.807, 2.05) is 6.92 Å². The molecule has 2 aromatic rings. The van der Waals surface area contributed by atoms with Crippen LogP contribution in [0, 0.1) is 11.6 Å². The lowest BCUT2D eigenvalue weighted by atomic mass is 9.96. The van der Waals surface area contributed by atoms with Crippen molar-refractivity contribution in [1.82, 2.24) is 5.32 Å². The molecule has 0 aliphatic heterocycles. The fourth-order valence-corrected chi connectivity index (χ4v) is 2.26. The van der Waals surface area contributed by atoms with Crippen LogP contribution in [0.15, 0.2) is 42.5 Å². The molecule has 2 nitrogen and oxygen atoms in total. The summed E-state index contributed by atoms with van der Waals surface area (Å²) in [7, 11) is 1.47. The van der Waals surface area contributed by atoms with E-state index in [0.29, 0.717) is 23.4 Å². The third kappa shape index (κ3) is 2.80. The Kier molecular flexibility index (Phi) is 4.69. The van der Waals surface area contributed by atoms with Crippen LogP contribution in [0.25, 0.3) is 0 Å². The van der Waals surface area contributed by atoms with Crippen LogP contribution in [-0.2, 0) is 0 Å². The van der Waals surface area contributed by atoms with E-state index in [-0.39, 0.29) is 5.82 Å². The van der Waals surface area contributed by atoms with E-state index >= 15 is 0 Å². The largest absolute Gasteiger partial charge is 0.496 e. The number of hydrogen-bond donors (Lipinski definition) is 1. The second kappa shape index (κ2) is 6.48. The summed E-state index contributed by atoms with van der Waals surface area (Å²) in [6, 6.07) is 10.4. The smallest absolute Gasteiger partial charge is 0.132 e. The van der Waals surface area contributed by atoms with Gasteiger partial charge >= 0.3 is 0 Å². The van der Waals surface area contributed by atoms with Gasteiger partial charge < -0.3 is 10.1 Å². The van der Waals surface area contributed by atoms with Crippen molar-refractivity contribution in [3.05, 3.63) is 65.2 Å². The van der Waals surface area contributed by atoms with Gasteiger partial charge in [0.25, 0.3) is 0 Å². The number of halogens is 2. The van der Waals surface area contributed by atoms with Crippen molar-refractivity contribution in [2.45, 2.75) is 13.0 Å². The highest BCUT2D eigenvalue weighted by molar-refractivity contribution is 5.43. The summed E-state index contributed by atoms with van der Waals surface area (Å²) in [5.41, 5.74) is 0.722. The Morgan fingerprint density at radius 3 is 2.40 bits per heavy atom. The lowest BCUT2D eigenvalue weighted by Crippen LogP contribution is -2.24. The van der Waals surface area contributed by atoms with Crippen LogP contribution >= 0.6 is 0 Å². The first-order valence-electron chi connectivity index (χ1n) is 6.49. The van der Waals surface area contributed by atoms with Crippen molar-refractivity contribution in [2.75, 3.05) is 13.7 Å². The van der Waals surface area contributed by atoms with Crippen LogP contribution in [0.3, 0.4) is 0 Å².